The largest absolute Gasteiger partial charge is 0.363 e. The average molecular weight is 224 g/mol. The smallest absolute Gasteiger partial charge is 0.287 e. The topological polar surface area (TPSA) is 69.1 Å². The van der Waals surface area contributed by atoms with Gasteiger partial charge in [0.05, 0.1) is 5.56 Å². The van der Waals surface area contributed by atoms with E-state index in [0.29, 0.717) is 0 Å². The molecule has 0 unspecified atom stereocenters. The Morgan fingerprint density at radius 1 is 1.31 bits per heavy atom. The number of benzene rings is 1. The summed E-state index contributed by atoms with van der Waals surface area (Å²) < 4.78 is 31.1. The maximum Gasteiger partial charge on any atom is 0.287 e. The van der Waals surface area contributed by atoms with Gasteiger partial charge in [-0.15, -0.1) is 0 Å². The molecule has 4 nitrogen and oxygen atoms in total. The molecule has 0 spiro atoms. The van der Waals surface area contributed by atoms with Crippen LogP contribution in [0.1, 0.15) is 10.6 Å². The molecular formula is C10H6F2N2O2. The number of hydrogen-bond acceptors (Lipinski definition) is 3. The summed E-state index contributed by atoms with van der Waals surface area (Å²) >= 11 is 0. The summed E-state index contributed by atoms with van der Waals surface area (Å²) in [6, 6.07) is 4.47. The molecular weight excluding hydrogens is 218 g/mol. The molecule has 1 amide bonds. The van der Waals surface area contributed by atoms with Gasteiger partial charge >= 0.3 is 0 Å². The second kappa shape index (κ2) is 3.73. The van der Waals surface area contributed by atoms with Gasteiger partial charge in [0, 0.05) is 6.07 Å². The van der Waals surface area contributed by atoms with Gasteiger partial charge in [-0.05, 0) is 12.1 Å². The Labute approximate surface area is 88.7 Å². The predicted molar refractivity (Wildman–Crippen MR) is 50.4 cm³/mol. The predicted octanol–water partition coefficient (Wildman–Crippen LogP) is 1.72. The molecule has 1 aromatic carbocycles. The summed E-state index contributed by atoms with van der Waals surface area (Å²) in [4.78, 5) is 10.7. The standard InChI is InChI=1S/C10H6F2N2O2/c11-5-2-1-3-6(12)9(5)7-4-8(10(13)15)16-14-7/h1-4H,(H2,13,15). The zero-order chi connectivity index (χ0) is 11.7. The van der Waals surface area contributed by atoms with Crippen molar-refractivity contribution in [3.05, 3.63) is 41.7 Å². The Morgan fingerprint density at radius 2 is 1.94 bits per heavy atom. The van der Waals surface area contributed by atoms with Crippen LogP contribution in [-0.4, -0.2) is 11.1 Å². The number of rotatable bonds is 2. The van der Waals surface area contributed by atoms with Crippen molar-refractivity contribution >= 4 is 5.91 Å². The number of primary amides is 1. The Bertz CT molecular complexity index is 531. The van der Waals surface area contributed by atoms with Crippen molar-refractivity contribution in [1.29, 1.82) is 0 Å². The number of aromatic nitrogens is 1. The third-order valence-electron chi connectivity index (χ3n) is 1.97. The second-order valence-electron chi connectivity index (χ2n) is 3.04. The molecule has 0 aliphatic heterocycles. The molecule has 2 rings (SSSR count). The van der Waals surface area contributed by atoms with Crippen LogP contribution in [0.2, 0.25) is 0 Å². The summed E-state index contributed by atoms with van der Waals surface area (Å²) in [7, 11) is 0. The summed E-state index contributed by atoms with van der Waals surface area (Å²) in [5.74, 6) is -2.68. The lowest BCUT2D eigenvalue weighted by molar-refractivity contribution is 0.0965. The van der Waals surface area contributed by atoms with E-state index in [-0.39, 0.29) is 17.0 Å². The summed E-state index contributed by atoms with van der Waals surface area (Å²) in [5.41, 5.74) is 4.47. The maximum atomic E-state index is 13.3. The van der Waals surface area contributed by atoms with Crippen molar-refractivity contribution in [3.8, 4) is 11.3 Å². The van der Waals surface area contributed by atoms with Crippen LogP contribution in [0.25, 0.3) is 11.3 Å². The van der Waals surface area contributed by atoms with Crippen molar-refractivity contribution in [2.24, 2.45) is 5.73 Å². The van der Waals surface area contributed by atoms with Gasteiger partial charge in [0.15, 0.2) is 0 Å². The van der Waals surface area contributed by atoms with Gasteiger partial charge in [-0.2, -0.15) is 0 Å². The molecule has 0 bridgehead atoms. The molecule has 0 aliphatic rings. The van der Waals surface area contributed by atoms with E-state index in [1.165, 1.54) is 6.07 Å². The minimum Gasteiger partial charge on any atom is -0.363 e. The molecule has 0 fully saturated rings. The minimum atomic E-state index is -0.851. The Hall–Kier alpha value is -2.24. The minimum absolute atomic E-state index is 0.107. The van der Waals surface area contributed by atoms with Gasteiger partial charge in [-0.25, -0.2) is 8.78 Å². The monoisotopic (exact) mass is 224 g/mol. The van der Waals surface area contributed by atoms with E-state index in [0.717, 1.165) is 18.2 Å². The number of amides is 1. The van der Waals surface area contributed by atoms with Crippen molar-refractivity contribution in [3.63, 3.8) is 0 Å². The van der Waals surface area contributed by atoms with Crippen LogP contribution in [0.15, 0.2) is 28.8 Å². The molecule has 1 heterocycles. The van der Waals surface area contributed by atoms with E-state index in [2.05, 4.69) is 9.68 Å². The highest BCUT2D eigenvalue weighted by molar-refractivity contribution is 5.90. The first-order valence-corrected chi connectivity index (χ1v) is 4.30. The molecule has 2 N–H and O–H groups in total. The highest BCUT2D eigenvalue weighted by atomic mass is 19.1. The van der Waals surface area contributed by atoms with Gasteiger partial charge < -0.3 is 10.3 Å². The van der Waals surface area contributed by atoms with Crippen molar-refractivity contribution in [2.75, 3.05) is 0 Å². The van der Waals surface area contributed by atoms with Crippen LogP contribution in [0, 0.1) is 11.6 Å². The lowest BCUT2D eigenvalue weighted by Gasteiger charge is -1.98. The number of carbonyl (C=O) groups excluding carboxylic acids is 1. The van der Waals surface area contributed by atoms with Crippen LogP contribution in [-0.2, 0) is 0 Å². The van der Waals surface area contributed by atoms with E-state index in [4.69, 9.17) is 5.73 Å². The van der Waals surface area contributed by atoms with E-state index < -0.39 is 17.5 Å². The van der Waals surface area contributed by atoms with Crippen LogP contribution in [0.3, 0.4) is 0 Å². The summed E-state index contributed by atoms with van der Waals surface area (Å²) in [6.45, 7) is 0. The highest BCUT2D eigenvalue weighted by Gasteiger charge is 2.17. The first kappa shape index (κ1) is 10.3. The number of halogens is 2. The summed E-state index contributed by atoms with van der Waals surface area (Å²) in [6.07, 6.45) is 0. The molecule has 0 saturated carbocycles. The molecule has 0 aliphatic carbocycles. The fourth-order valence-corrected chi connectivity index (χ4v) is 1.25. The normalized spacial score (nSPS) is 10.4. The SMILES string of the molecule is NC(=O)c1cc(-c2c(F)cccc2F)no1. The van der Waals surface area contributed by atoms with Crippen LogP contribution in [0.5, 0.6) is 0 Å². The van der Waals surface area contributed by atoms with Crippen LogP contribution >= 0.6 is 0 Å². The van der Waals surface area contributed by atoms with E-state index in [1.807, 2.05) is 0 Å². The number of carbonyl (C=O) groups is 1. The fourth-order valence-electron chi connectivity index (χ4n) is 1.25. The molecule has 82 valence electrons. The quantitative estimate of drug-likeness (QED) is 0.844. The van der Waals surface area contributed by atoms with Crippen molar-refractivity contribution in [2.45, 2.75) is 0 Å². The van der Waals surface area contributed by atoms with E-state index in [9.17, 15) is 13.6 Å². The molecule has 1 aromatic heterocycles. The van der Waals surface area contributed by atoms with Crippen molar-refractivity contribution in [1.82, 2.24) is 5.16 Å². The zero-order valence-electron chi connectivity index (χ0n) is 7.91. The fraction of sp³-hybridized carbons (Fsp3) is 0. The summed E-state index contributed by atoms with van der Waals surface area (Å²) in [5, 5.41) is 3.37. The number of nitrogens with zero attached hydrogens (tertiary/aromatic N) is 1. The molecule has 0 saturated heterocycles. The third kappa shape index (κ3) is 1.65. The van der Waals surface area contributed by atoms with E-state index >= 15 is 0 Å². The zero-order valence-corrected chi connectivity index (χ0v) is 7.91. The van der Waals surface area contributed by atoms with E-state index in [1.54, 1.807) is 0 Å². The van der Waals surface area contributed by atoms with Crippen molar-refractivity contribution < 1.29 is 18.1 Å². The van der Waals surface area contributed by atoms with Gasteiger partial charge in [0.25, 0.3) is 5.91 Å². The molecule has 0 radical (unpaired) electrons. The first-order chi connectivity index (χ1) is 7.59. The van der Waals surface area contributed by atoms with Gasteiger partial charge in [-0.3, -0.25) is 4.79 Å². The van der Waals surface area contributed by atoms with Crippen LogP contribution < -0.4 is 5.73 Å². The third-order valence-corrected chi connectivity index (χ3v) is 1.97. The highest BCUT2D eigenvalue weighted by Crippen LogP contribution is 2.25. The molecule has 2 aromatic rings. The Kier molecular flexibility index (Phi) is 2.40. The van der Waals surface area contributed by atoms with Crippen LogP contribution in [0.4, 0.5) is 8.78 Å². The maximum absolute atomic E-state index is 13.3. The molecule has 0 atom stereocenters. The van der Waals surface area contributed by atoms with Gasteiger partial charge in [0.1, 0.15) is 17.3 Å². The number of hydrogen-bond donors (Lipinski definition) is 1. The lowest BCUT2D eigenvalue weighted by atomic mass is 10.1. The molecule has 6 heteroatoms. The lowest BCUT2D eigenvalue weighted by Crippen LogP contribution is -2.09. The first-order valence-electron chi connectivity index (χ1n) is 4.30. The second-order valence-corrected chi connectivity index (χ2v) is 3.04. The van der Waals surface area contributed by atoms with Gasteiger partial charge in [-0.1, -0.05) is 11.2 Å². The Morgan fingerprint density at radius 3 is 2.44 bits per heavy atom. The van der Waals surface area contributed by atoms with Gasteiger partial charge in [0.2, 0.25) is 5.76 Å². The number of nitrogens with two attached hydrogens (primary N) is 1. The Balaban J connectivity index is 2.54. The average Bonchev–Trinajstić information content (AvgIpc) is 2.66. The molecule has 16 heavy (non-hydrogen) atoms.